The van der Waals surface area contributed by atoms with E-state index in [4.69, 9.17) is 0 Å². The molecule has 0 aliphatic carbocycles. The van der Waals surface area contributed by atoms with Crippen molar-refractivity contribution < 1.29 is 0 Å². The quantitative estimate of drug-likeness (QED) is 0.367. The normalized spacial score (nSPS) is 39.3. The van der Waals surface area contributed by atoms with Crippen molar-refractivity contribution in [2.24, 2.45) is 0 Å². The van der Waals surface area contributed by atoms with E-state index in [1.54, 1.807) is 0 Å². The summed E-state index contributed by atoms with van der Waals surface area (Å²) >= 11 is 0. The first-order valence-corrected chi connectivity index (χ1v) is 4.43. The smallest absolute Gasteiger partial charge is 0.0392 e. The van der Waals surface area contributed by atoms with Gasteiger partial charge in [-0.25, -0.2) is 0 Å². The lowest BCUT2D eigenvalue weighted by Crippen LogP contribution is -2.59. The maximum Gasteiger partial charge on any atom is 0.0392 e. The first-order chi connectivity index (χ1) is 5.47. The third-order valence-corrected chi connectivity index (χ3v) is 2.46. The van der Waals surface area contributed by atoms with Crippen molar-refractivity contribution in [3.05, 3.63) is 0 Å². The molecule has 4 N–H and O–H groups in total. The summed E-state index contributed by atoms with van der Waals surface area (Å²) < 4.78 is 0. The maximum absolute atomic E-state index is 3.33. The second kappa shape index (κ2) is 3.49. The van der Waals surface area contributed by atoms with Crippen molar-refractivity contribution in [3.8, 4) is 0 Å². The molecular weight excluding hydrogens is 140 g/mol. The molecule has 0 aromatic carbocycles. The van der Waals surface area contributed by atoms with Crippen LogP contribution in [-0.2, 0) is 0 Å². The molecule has 2 unspecified atom stereocenters. The average Bonchev–Trinajstić information content (AvgIpc) is 2.28. The van der Waals surface area contributed by atoms with Gasteiger partial charge in [-0.1, -0.05) is 0 Å². The topological polar surface area (TPSA) is 48.1 Å². The lowest BCUT2D eigenvalue weighted by atomic mass is 10.0. The SMILES string of the molecule is C1CNNC2CCNNC2C1. The number of hydrogen-bond donors (Lipinski definition) is 4. The molecule has 2 fully saturated rings. The molecule has 0 aromatic rings. The second-order valence-corrected chi connectivity index (χ2v) is 3.29. The van der Waals surface area contributed by atoms with Crippen LogP contribution in [0, 0.1) is 0 Å². The van der Waals surface area contributed by atoms with Crippen LogP contribution < -0.4 is 21.7 Å². The van der Waals surface area contributed by atoms with Crippen molar-refractivity contribution in [3.63, 3.8) is 0 Å². The monoisotopic (exact) mass is 156 g/mol. The Bertz CT molecular complexity index is 114. The highest BCUT2D eigenvalue weighted by molar-refractivity contribution is 4.85. The van der Waals surface area contributed by atoms with E-state index < -0.39 is 0 Å². The lowest BCUT2D eigenvalue weighted by Gasteiger charge is -2.31. The van der Waals surface area contributed by atoms with Gasteiger partial charge in [0.2, 0.25) is 0 Å². The van der Waals surface area contributed by atoms with Gasteiger partial charge in [-0.2, -0.15) is 0 Å². The molecule has 0 bridgehead atoms. The van der Waals surface area contributed by atoms with Crippen molar-refractivity contribution in [2.75, 3.05) is 13.1 Å². The predicted octanol–water partition coefficient (Wildman–Crippen LogP) is -0.890. The van der Waals surface area contributed by atoms with Crippen LogP contribution in [0.4, 0.5) is 0 Å². The van der Waals surface area contributed by atoms with Gasteiger partial charge in [-0.15, -0.1) is 0 Å². The van der Waals surface area contributed by atoms with Crippen LogP contribution in [0.25, 0.3) is 0 Å². The van der Waals surface area contributed by atoms with E-state index >= 15 is 0 Å². The van der Waals surface area contributed by atoms with Gasteiger partial charge >= 0.3 is 0 Å². The molecule has 2 heterocycles. The van der Waals surface area contributed by atoms with Crippen LogP contribution >= 0.6 is 0 Å². The van der Waals surface area contributed by atoms with Crippen molar-refractivity contribution in [1.82, 2.24) is 21.7 Å². The van der Waals surface area contributed by atoms with E-state index in [2.05, 4.69) is 21.7 Å². The molecule has 0 amide bonds. The average molecular weight is 156 g/mol. The molecule has 2 aliphatic heterocycles. The molecule has 0 spiro atoms. The van der Waals surface area contributed by atoms with Gasteiger partial charge in [-0.05, 0) is 19.3 Å². The summed E-state index contributed by atoms with van der Waals surface area (Å²) in [6.45, 7) is 2.16. The minimum atomic E-state index is 0.610. The Balaban J connectivity index is 1.93. The molecule has 11 heavy (non-hydrogen) atoms. The third-order valence-electron chi connectivity index (χ3n) is 2.46. The fourth-order valence-corrected chi connectivity index (χ4v) is 1.79. The molecule has 64 valence electrons. The highest BCUT2D eigenvalue weighted by Crippen LogP contribution is 2.09. The zero-order chi connectivity index (χ0) is 7.52. The molecule has 4 nitrogen and oxygen atoms in total. The van der Waals surface area contributed by atoms with Crippen LogP contribution in [0.3, 0.4) is 0 Å². The number of nitrogens with one attached hydrogen (secondary N) is 4. The van der Waals surface area contributed by atoms with Crippen LogP contribution in [0.2, 0.25) is 0 Å². The Morgan fingerprint density at radius 2 is 1.55 bits per heavy atom. The molecule has 2 aliphatic rings. The van der Waals surface area contributed by atoms with Crippen LogP contribution in [0.1, 0.15) is 19.3 Å². The van der Waals surface area contributed by atoms with E-state index in [9.17, 15) is 0 Å². The van der Waals surface area contributed by atoms with Crippen LogP contribution in [0.15, 0.2) is 0 Å². The van der Waals surface area contributed by atoms with Gasteiger partial charge in [0.1, 0.15) is 0 Å². The summed E-state index contributed by atoms with van der Waals surface area (Å²) in [7, 11) is 0. The Morgan fingerprint density at radius 1 is 0.818 bits per heavy atom. The summed E-state index contributed by atoms with van der Waals surface area (Å²) in [5.74, 6) is 0. The Labute approximate surface area is 67.1 Å². The summed E-state index contributed by atoms with van der Waals surface area (Å²) in [4.78, 5) is 0. The predicted molar refractivity (Wildman–Crippen MR) is 43.7 cm³/mol. The fraction of sp³-hybridized carbons (Fsp3) is 1.00. The molecule has 0 aromatic heterocycles. The van der Waals surface area contributed by atoms with Gasteiger partial charge < -0.3 is 0 Å². The minimum absolute atomic E-state index is 0.610. The summed E-state index contributed by atoms with van der Waals surface area (Å²) in [5.41, 5.74) is 13.1. The van der Waals surface area contributed by atoms with Crippen molar-refractivity contribution in [1.29, 1.82) is 0 Å². The minimum Gasteiger partial charge on any atom is -0.258 e. The Kier molecular flexibility index (Phi) is 2.38. The van der Waals surface area contributed by atoms with Gasteiger partial charge in [-0.3, -0.25) is 21.7 Å². The van der Waals surface area contributed by atoms with E-state index in [0.717, 1.165) is 13.1 Å². The van der Waals surface area contributed by atoms with Crippen molar-refractivity contribution in [2.45, 2.75) is 31.3 Å². The first kappa shape index (κ1) is 7.49. The van der Waals surface area contributed by atoms with E-state index in [0.29, 0.717) is 12.1 Å². The van der Waals surface area contributed by atoms with Gasteiger partial charge in [0.15, 0.2) is 0 Å². The molecule has 2 saturated heterocycles. The standard InChI is InChI=1S/C7H16N4/c1-2-6-7(11-8-4-1)3-5-9-10-6/h6-11H,1-5H2. The lowest BCUT2D eigenvalue weighted by molar-refractivity contribution is 0.257. The first-order valence-electron chi connectivity index (χ1n) is 4.43. The van der Waals surface area contributed by atoms with E-state index in [1.165, 1.54) is 19.3 Å². The van der Waals surface area contributed by atoms with Gasteiger partial charge in [0.05, 0.1) is 0 Å². The van der Waals surface area contributed by atoms with E-state index in [1.807, 2.05) is 0 Å². The number of hydrazine groups is 2. The molecular formula is C7H16N4. The molecule has 4 heteroatoms. The zero-order valence-electron chi connectivity index (χ0n) is 6.69. The number of hydrogen-bond acceptors (Lipinski definition) is 4. The Morgan fingerprint density at radius 3 is 2.45 bits per heavy atom. The van der Waals surface area contributed by atoms with Crippen LogP contribution in [0.5, 0.6) is 0 Å². The maximum atomic E-state index is 3.33. The van der Waals surface area contributed by atoms with Crippen molar-refractivity contribution >= 4 is 0 Å². The molecule has 0 radical (unpaired) electrons. The van der Waals surface area contributed by atoms with E-state index in [-0.39, 0.29) is 0 Å². The molecule has 2 rings (SSSR count). The number of fused-ring (bicyclic) bond motifs is 1. The van der Waals surface area contributed by atoms with Gasteiger partial charge in [0.25, 0.3) is 0 Å². The highest BCUT2D eigenvalue weighted by Gasteiger charge is 2.25. The number of rotatable bonds is 0. The van der Waals surface area contributed by atoms with Gasteiger partial charge in [0, 0.05) is 25.2 Å². The van der Waals surface area contributed by atoms with Crippen LogP contribution in [-0.4, -0.2) is 25.2 Å². The Hall–Kier alpha value is -0.160. The second-order valence-electron chi connectivity index (χ2n) is 3.29. The zero-order valence-corrected chi connectivity index (χ0v) is 6.69. The largest absolute Gasteiger partial charge is 0.258 e. The summed E-state index contributed by atoms with van der Waals surface area (Å²) in [6, 6.07) is 1.22. The molecule has 2 atom stereocenters. The summed E-state index contributed by atoms with van der Waals surface area (Å²) in [6.07, 6.45) is 3.73. The highest BCUT2D eigenvalue weighted by atomic mass is 15.4. The third kappa shape index (κ3) is 1.70. The summed E-state index contributed by atoms with van der Waals surface area (Å²) in [5, 5.41) is 0. The molecule has 0 saturated carbocycles. The fourth-order valence-electron chi connectivity index (χ4n) is 1.79.